The highest BCUT2D eigenvalue weighted by Crippen LogP contribution is 2.21. The van der Waals surface area contributed by atoms with Gasteiger partial charge in [0.2, 0.25) is 0 Å². The molecule has 0 radical (unpaired) electrons. The second-order valence-electron chi connectivity index (χ2n) is 8.04. The van der Waals surface area contributed by atoms with Crippen LogP contribution < -0.4 is 0 Å². The van der Waals surface area contributed by atoms with Crippen molar-refractivity contribution in [1.82, 2.24) is 24.8 Å². The van der Waals surface area contributed by atoms with Gasteiger partial charge in [0.15, 0.2) is 0 Å². The van der Waals surface area contributed by atoms with E-state index >= 15 is 0 Å². The van der Waals surface area contributed by atoms with Crippen LogP contribution in [0.1, 0.15) is 32.0 Å². The van der Waals surface area contributed by atoms with E-state index < -0.39 is 0 Å². The van der Waals surface area contributed by atoms with Gasteiger partial charge in [0.1, 0.15) is 0 Å². The summed E-state index contributed by atoms with van der Waals surface area (Å²) in [5, 5.41) is 0.961. The van der Waals surface area contributed by atoms with Crippen LogP contribution in [0.3, 0.4) is 0 Å². The summed E-state index contributed by atoms with van der Waals surface area (Å²) in [5.41, 5.74) is 5.71. The first kappa shape index (κ1) is 19.2. The van der Waals surface area contributed by atoms with Gasteiger partial charge in [-0.25, -0.2) is 4.98 Å². The standard InChI is InChI=1S/C24H23N5O2/c1-15-3-4-17-12-19(16(2)27-21(17)11-15)24(31)29-9-7-28(8-10-29)23(30)18-5-6-20-22(13-18)26-14-25-20/h3-6,11-14H,7-10H2,1-2H3,(H,25,26). The van der Waals surface area contributed by atoms with Crippen molar-refractivity contribution in [2.75, 3.05) is 26.2 Å². The number of aromatic amines is 1. The van der Waals surface area contributed by atoms with E-state index in [2.05, 4.69) is 15.0 Å². The third-order valence-corrected chi connectivity index (χ3v) is 5.92. The van der Waals surface area contributed by atoms with Gasteiger partial charge in [0, 0.05) is 37.1 Å². The summed E-state index contributed by atoms with van der Waals surface area (Å²) >= 11 is 0. The van der Waals surface area contributed by atoms with E-state index in [1.165, 1.54) is 0 Å². The number of imidazole rings is 1. The lowest BCUT2D eigenvalue weighted by molar-refractivity contribution is 0.0535. The minimum absolute atomic E-state index is 0.0254. The predicted octanol–water partition coefficient (Wildman–Crippen LogP) is 3.33. The molecule has 1 N–H and O–H groups in total. The zero-order chi connectivity index (χ0) is 21.5. The fraction of sp³-hybridized carbons (Fsp3) is 0.250. The second kappa shape index (κ2) is 7.50. The molecule has 7 nitrogen and oxygen atoms in total. The van der Waals surface area contributed by atoms with Crippen LogP contribution in [0.5, 0.6) is 0 Å². The van der Waals surface area contributed by atoms with Gasteiger partial charge in [-0.05, 0) is 49.7 Å². The van der Waals surface area contributed by atoms with E-state index in [4.69, 9.17) is 0 Å². The van der Waals surface area contributed by atoms with E-state index in [1.807, 2.05) is 55.1 Å². The predicted molar refractivity (Wildman–Crippen MR) is 119 cm³/mol. The first-order valence-electron chi connectivity index (χ1n) is 10.4. The summed E-state index contributed by atoms with van der Waals surface area (Å²) in [5.74, 6) is -0.0547. The largest absolute Gasteiger partial charge is 0.345 e. The first-order chi connectivity index (χ1) is 15.0. The minimum atomic E-state index is -0.0292. The lowest BCUT2D eigenvalue weighted by Gasteiger charge is -2.35. The van der Waals surface area contributed by atoms with Gasteiger partial charge in [0.25, 0.3) is 11.8 Å². The summed E-state index contributed by atoms with van der Waals surface area (Å²) in [4.78, 5) is 41.6. The van der Waals surface area contributed by atoms with Gasteiger partial charge in [-0.2, -0.15) is 0 Å². The summed E-state index contributed by atoms with van der Waals surface area (Å²) in [6, 6.07) is 13.5. The van der Waals surface area contributed by atoms with Crippen molar-refractivity contribution in [1.29, 1.82) is 0 Å². The highest BCUT2D eigenvalue weighted by Gasteiger charge is 2.27. The number of piperazine rings is 1. The van der Waals surface area contributed by atoms with Crippen LogP contribution in [-0.2, 0) is 0 Å². The maximum atomic E-state index is 13.2. The average Bonchev–Trinajstić information content (AvgIpc) is 3.25. The Labute approximate surface area is 179 Å². The molecule has 0 unspecified atom stereocenters. The molecule has 4 aromatic rings. The summed E-state index contributed by atoms with van der Waals surface area (Å²) in [6.45, 7) is 5.92. The maximum absolute atomic E-state index is 13.2. The SMILES string of the molecule is Cc1ccc2cc(C(=O)N3CCN(C(=O)c4ccc5nc[nH]c5c4)CC3)c(C)nc2c1. The van der Waals surface area contributed by atoms with Gasteiger partial charge >= 0.3 is 0 Å². The summed E-state index contributed by atoms with van der Waals surface area (Å²) in [6.07, 6.45) is 1.62. The van der Waals surface area contributed by atoms with Crippen molar-refractivity contribution in [2.24, 2.45) is 0 Å². The first-order valence-corrected chi connectivity index (χ1v) is 10.4. The number of aromatic nitrogens is 3. The number of carbonyl (C=O) groups excluding carboxylic acids is 2. The number of benzene rings is 2. The lowest BCUT2D eigenvalue weighted by Crippen LogP contribution is -2.50. The fourth-order valence-corrected chi connectivity index (χ4v) is 4.12. The molecule has 2 amide bonds. The number of amides is 2. The Morgan fingerprint density at radius 1 is 0.871 bits per heavy atom. The molecule has 1 fully saturated rings. The van der Waals surface area contributed by atoms with Crippen LogP contribution in [0, 0.1) is 13.8 Å². The van der Waals surface area contributed by atoms with E-state index in [9.17, 15) is 9.59 Å². The Morgan fingerprint density at radius 2 is 1.61 bits per heavy atom. The Kier molecular flexibility index (Phi) is 4.66. The van der Waals surface area contributed by atoms with E-state index in [1.54, 1.807) is 17.3 Å². The average molecular weight is 413 g/mol. The van der Waals surface area contributed by atoms with E-state index in [0.717, 1.165) is 33.2 Å². The third kappa shape index (κ3) is 3.52. The van der Waals surface area contributed by atoms with Gasteiger partial charge in [-0.1, -0.05) is 12.1 Å². The molecule has 0 bridgehead atoms. The van der Waals surface area contributed by atoms with E-state index in [-0.39, 0.29) is 11.8 Å². The quantitative estimate of drug-likeness (QED) is 0.547. The summed E-state index contributed by atoms with van der Waals surface area (Å²) in [7, 11) is 0. The van der Waals surface area contributed by atoms with Crippen LogP contribution in [0.15, 0.2) is 48.8 Å². The Balaban J connectivity index is 1.30. The number of nitrogens with one attached hydrogen (secondary N) is 1. The molecule has 0 saturated carbocycles. The smallest absolute Gasteiger partial charge is 0.255 e. The molecule has 0 atom stereocenters. The number of nitrogens with zero attached hydrogens (tertiary/aromatic N) is 4. The highest BCUT2D eigenvalue weighted by atomic mass is 16.2. The van der Waals surface area contributed by atoms with Crippen molar-refractivity contribution >= 4 is 33.8 Å². The van der Waals surface area contributed by atoms with Crippen molar-refractivity contribution in [3.63, 3.8) is 0 Å². The number of hydrogen-bond acceptors (Lipinski definition) is 4. The zero-order valence-corrected chi connectivity index (χ0v) is 17.6. The van der Waals surface area contributed by atoms with Crippen LogP contribution in [0.25, 0.3) is 21.9 Å². The van der Waals surface area contributed by atoms with Crippen molar-refractivity contribution < 1.29 is 9.59 Å². The topological polar surface area (TPSA) is 82.2 Å². The molecule has 3 heterocycles. The van der Waals surface area contributed by atoms with Crippen LogP contribution >= 0.6 is 0 Å². The van der Waals surface area contributed by atoms with Crippen molar-refractivity contribution in [3.8, 4) is 0 Å². The Morgan fingerprint density at radius 3 is 2.39 bits per heavy atom. The number of pyridine rings is 1. The van der Waals surface area contributed by atoms with Gasteiger partial charge in [0.05, 0.1) is 34.1 Å². The van der Waals surface area contributed by atoms with Gasteiger partial charge in [-0.15, -0.1) is 0 Å². The highest BCUT2D eigenvalue weighted by molar-refractivity contribution is 6.00. The molecule has 2 aromatic carbocycles. The molecule has 7 heteroatoms. The van der Waals surface area contributed by atoms with E-state index in [0.29, 0.717) is 37.3 Å². The third-order valence-electron chi connectivity index (χ3n) is 5.92. The number of H-pyrrole nitrogens is 1. The normalized spacial score (nSPS) is 14.4. The van der Waals surface area contributed by atoms with Gasteiger partial charge < -0.3 is 14.8 Å². The zero-order valence-electron chi connectivity index (χ0n) is 17.6. The Hall–Kier alpha value is -3.74. The van der Waals surface area contributed by atoms with Gasteiger partial charge in [-0.3, -0.25) is 14.6 Å². The molecular formula is C24H23N5O2. The molecule has 0 spiro atoms. The molecule has 1 aliphatic rings. The molecule has 1 aliphatic heterocycles. The number of rotatable bonds is 2. The van der Waals surface area contributed by atoms with Crippen LogP contribution in [0.2, 0.25) is 0 Å². The Bertz CT molecular complexity index is 1320. The molecule has 2 aromatic heterocycles. The molecule has 156 valence electrons. The molecular weight excluding hydrogens is 390 g/mol. The fourth-order valence-electron chi connectivity index (χ4n) is 4.12. The molecule has 5 rings (SSSR count). The summed E-state index contributed by atoms with van der Waals surface area (Å²) < 4.78 is 0. The number of hydrogen-bond donors (Lipinski definition) is 1. The number of carbonyl (C=O) groups is 2. The van der Waals surface area contributed by atoms with Crippen molar-refractivity contribution in [2.45, 2.75) is 13.8 Å². The van der Waals surface area contributed by atoms with Crippen molar-refractivity contribution in [3.05, 3.63) is 71.2 Å². The maximum Gasteiger partial charge on any atom is 0.255 e. The molecule has 31 heavy (non-hydrogen) atoms. The number of aryl methyl sites for hydroxylation is 2. The molecule has 0 aliphatic carbocycles. The van der Waals surface area contributed by atoms with Crippen LogP contribution in [0.4, 0.5) is 0 Å². The number of fused-ring (bicyclic) bond motifs is 2. The monoisotopic (exact) mass is 413 g/mol. The lowest BCUT2D eigenvalue weighted by atomic mass is 10.1. The second-order valence-corrected chi connectivity index (χ2v) is 8.04. The minimum Gasteiger partial charge on any atom is -0.345 e. The molecule has 1 saturated heterocycles. The van der Waals surface area contributed by atoms with Crippen LogP contribution in [-0.4, -0.2) is 62.7 Å².